The number of carbonyl (C=O) groups excluding carboxylic acids is 1. The molecule has 1 aromatic heterocycles. The van der Waals surface area contributed by atoms with Crippen LogP contribution in [0.1, 0.15) is 13.3 Å². The molecule has 0 N–H and O–H groups in total. The standard InChI is InChI=1S/C17H16ClN5O2/c1-2-12-21(13-8-4-3-5-9-13)16(24)23-17(25)22(19-20-23)15-11-7-6-10-14(15)18/h3-11H,2,12H2,1H3. The van der Waals surface area contributed by atoms with Crippen molar-refractivity contribution < 1.29 is 4.79 Å². The zero-order valence-corrected chi connectivity index (χ0v) is 14.3. The smallest absolute Gasteiger partial charge is 0.292 e. The average molecular weight is 358 g/mol. The number of aromatic nitrogens is 4. The van der Waals surface area contributed by atoms with Crippen LogP contribution in [0.15, 0.2) is 59.4 Å². The maximum absolute atomic E-state index is 12.8. The van der Waals surface area contributed by atoms with Crippen molar-refractivity contribution in [3.05, 3.63) is 70.1 Å². The van der Waals surface area contributed by atoms with Crippen LogP contribution in [-0.2, 0) is 0 Å². The molecule has 0 fully saturated rings. The van der Waals surface area contributed by atoms with Gasteiger partial charge in [0.25, 0.3) is 0 Å². The number of halogens is 1. The fourth-order valence-corrected chi connectivity index (χ4v) is 2.64. The summed E-state index contributed by atoms with van der Waals surface area (Å²) in [7, 11) is 0. The van der Waals surface area contributed by atoms with Gasteiger partial charge < -0.3 is 0 Å². The summed E-state index contributed by atoms with van der Waals surface area (Å²) in [5, 5.41) is 7.86. The summed E-state index contributed by atoms with van der Waals surface area (Å²) in [4.78, 5) is 26.9. The Labute approximate surface area is 149 Å². The van der Waals surface area contributed by atoms with Crippen LogP contribution in [-0.4, -0.2) is 32.4 Å². The minimum absolute atomic E-state index is 0.345. The molecule has 25 heavy (non-hydrogen) atoms. The number of nitrogens with zero attached hydrogens (tertiary/aromatic N) is 5. The molecule has 8 heteroatoms. The molecule has 0 saturated carbocycles. The molecular weight excluding hydrogens is 342 g/mol. The third-order valence-electron chi connectivity index (χ3n) is 3.59. The fourth-order valence-electron chi connectivity index (χ4n) is 2.42. The normalized spacial score (nSPS) is 10.6. The molecule has 0 bridgehead atoms. The molecule has 0 aliphatic rings. The first-order valence-corrected chi connectivity index (χ1v) is 8.18. The zero-order chi connectivity index (χ0) is 17.8. The highest BCUT2D eigenvalue weighted by atomic mass is 35.5. The minimum Gasteiger partial charge on any atom is -0.292 e. The van der Waals surface area contributed by atoms with Crippen LogP contribution in [0.25, 0.3) is 5.69 Å². The number of hydrogen-bond acceptors (Lipinski definition) is 4. The predicted molar refractivity (Wildman–Crippen MR) is 95.5 cm³/mol. The van der Waals surface area contributed by atoms with E-state index >= 15 is 0 Å². The summed E-state index contributed by atoms with van der Waals surface area (Å²) >= 11 is 6.10. The summed E-state index contributed by atoms with van der Waals surface area (Å²) in [5.74, 6) is 0. The van der Waals surface area contributed by atoms with E-state index in [0.29, 0.717) is 22.9 Å². The molecule has 2 aromatic carbocycles. The van der Waals surface area contributed by atoms with Crippen molar-refractivity contribution in [3.63, 3.8) is 0 Å². The Morgan fingerprint density at radius 2 is 1.76 bits per heavy atom. The number of hydrogen-bond donors (Lipinski definition) is 0. The Morgan fingerprint density at radius 3 is 2.44 bits per heavy atom. The van der Waals surface area contributed by atoms with Gasteiger partial charge in [-0.3, -0.25) is 4.90 Å². The van der Waals surface area contributed by atoms with Crippen molar-refractivity contribution in [2.24, 2.45) is 0 Å². The Morgan fingerprint density at radius 1 is 1.08 bits per heavy atom. The highest BCUT2D eigenvalue weighted by Crippen LogP contribution is 2.17. The SMILES string of the molecule is CCCN(C(=O)n1nnn(-c2ccccc2Cl)c1=O)c1ccccc1. The molecule has 0 unspecified atom stereocenters. The number of carbonyl (C=O) groups is 1. The van der Waals surface area contributed by atoms with Gasteiger partial charge in [-0.15, -0.1) is 4.68 Å². The Balaban J connectivity index is 2.00. The van der Waals surface area contributed by atoms with Crippen LogP contribution in [0.2, 0.25) is 5.02 Å². The molecule has 0 atom stereocenters. The molecule has 0 spiro atoms. The second-order valence-corrected chi connectivity index (χ2v) is 5.71. The first-order valence-electron chi connectivity index (χ1n) is 7.80. The molecule has 3 aromatic rings. The number of tetrazole rings is 1. The van der Waals surface area contributed by atoms with E-state index in [1.54, 1.807) is 36.4 Å². The quantitative estimate of drug-likeness (QED) is 0.673. The van der Waals surface area contributed by atoms with Gasteiger partial charge in [0.15, 0.2) is 0 Å². The minimum atomic E-state index is -0.671. The second-order valence-electron chi connectivity index (χ2n) is 5.31. The van der Waals surface area contributed by atoms with Crippen molar-refractivity contribution in [1.82, 2.24) is 19.8 Å². The van der Waals surface area contributed by atoms with E-state index < -0.39 is 11.7 Å². The van der Waals surface area contributed by atoms with Crippen LogP contribution < -0.4 is 10.6 Å². The van der Waals surface area contributed by atoms with Crippen LogP contribution >= 0.6 is 11.6 Å². The molecule has 128 valence electrons. The summed E-state index contributed by atoms with van der Waals surface area (Å²) in [5.41, 5.74) is 0.388. The van der Waals surface area contributed by atoms with Crippen LogP contribution in [0.4, 0.5) is 10.5 Å². The van der Waals surface area contributed by atoms with Crippen molar-refractivity contribution in [2.75, 3.05) is 11.4 Å². The third kappa shape index (κ3) is 3.32. The molecular formula is C17H16ClN5O2. The number of rotatable bonds is 4. The summed E-state index contributed by atoms with van der Waals surface area (Å²) in [6, 6.07) is 15.3. The predicted octanol–water partition coefficient (Wildman–Crippen LogP) is 2.97. The molecule has 7 nitrogen and oxygen atoms in total. The highest BCUT2D eigenvalue weighted by Gasteiger charge is 2.22. The van der Waals surface area contributed by atoms with Crippen molar-refractivity contribution in [1.29, 1.82) is 0 Å². The van der Waals surface area contributed by atoms with Gasteiger partial charge >= 0.3 is 11.7 Å². The van der Waals surface area contributed by atoms with E-state index in [2.05, 4.69) is 10.4 Å². The highest BCUT2D eigenvalue weighted by molar-refractivity contribution is 6.32. The van der Waals surface area contributed by atoms with E-state index in [1.807, 2.05) is 25.1 Å². The van der Waals surface area contributed by atoms with Crippen molar-refractivity contribution >= 4 is 23.3 Å². The molecule has 0 saturated heterocycles. The largest absolute Gasteiger partial charge is 0.377 e. The van der Waals surface area contributed by atoms with Gasteiger partial charge in [0.1, 0.15) is 0 Å². The Hall–Kier alpha value is -2.93. The second kappa shape index (κ2) is 7.31. The topological polar surface area (TPSA) is 73.0 Å². The monoisotopic (exact) mass is 357 g/mol. The number of anilines is 1. The molecule has 3 rings (SSSR count). The first kappa shape index (κ1) is 16.9. The van der Waals surface area contributed by atoms with Gasteiger partial charge in [0.2, 0.25) is 0 Å². The van der Waals surface area contributed by atoms with E-state index in [4.69, 9.17) is 11.6 Å². The van der Waals surface area contributed by atoms with Crippen LogP contribution in [0, 0.1) is 0 Å². The van der Waals surface area contributed by atoms with Gasteiger partial charge in [0.05, 0.1) is 10.7 Å². The molecule has 1 heterocycles. The van der Waals surface area contributed by atoms with Gasteiger partial charge in [0, 0.05) is 12.2 Å². The van der Waals surface area contributed by atoms with E-state index in [0.717, 1.165) is 15.8 Å². The first-order chi connectivity index (χ1) is 12.1. The molecule has 1 amide bonds. The fraction of sp³-hybridized carbons (Fsp3) is 0.176. The summed E-state index contributed by atoms with van der Waals surface area (Å²) in [6.07, 6.45) is 0.730. The van der Waals surface area contributed by atoms with E-state index in [-0.39, 0.29) is 0 Å². The zero-order valence-electron chi connectivity index (χ0n) is 13.5. The van der Waals surface area contributed by atoms with Crippen molar-refractivity contribution in [3.8, 4) is 5.69 Å². The lowest BCUT2D eigenvalue weighted by Crippen LogP contribution is -2.41. The van der Waals surface area contributed by atoms with E-state index in [1.165, 1.54) is 4.90 Å². The maximum Gasteiger partial charge on any atom is 0.377 e. The van der Waals surface area contributed by atoms with Crippen molar-refractivity contribution in [2.45, 2.75) is 13.3 Å². The number of para-hydroxylation sites is 2. The number of amides is 1. The van der Waals surface area contributed by atoms with Gasteiger partial charge in [-0.25, -0.2) is 9.59 Å². The lowest BCUT2D eigenvalue weighted by atomic mass is 10.3. The average Bonchev–Trinajstić information content (AvgIpc) is 3.01. The number of benzene rings is 2. The molecule has 0 radical (unpaired) electrons. The Bertz CT molecular complexity index is 935. The lowest BCUT2D eigenvalue weighted by molar-refractivity contribution is 0.243. The third-order valence-corrected chi connectivity index (χ3v) is 3.91. The molecule has 0 aliphatic heterocycles. The van der Waals surface area contributed by atoms with E-state index in [9.17, 15) is 9.59 Å². The van der Waals surface area contributed by atoms with Crippen LogP contribution in [0.3, 0.4) is 0 Å². The van der Waals surface area contributed by atoms with Gasteiger partial charge in [-0.1, -0.05) is 48.9 Å². The lowest BCUT2D eigenvalue weighted by Gasteiger charge is -2.20. The van der Waals surface area contributed by atoms with Crippen LogP contribution in [0.5, 0.6) is 0 Å². The maximum atomic E-state index is 12.8. The summed E-state index contributed by atoms with van der Waals surface area (Å²) < 4.78 is 1.75. The summed E-state index contributed by atoms with van der Waals surface area (Å²) in [6.45, 7) is 2.40. The van der Waals surface area contributed by atoms with Gasteiger partial charge in [-0.2, -0.15) is 4.68 Å². The Kier molecular flexibility index (Phi) is 4.95. The molecule has 0 aliphatic carbocycles. The van der Waals surface area contributed by atoms with Gasteiger partial charge in [-0.05, 0) is 41.1 Å².